The lowest BCUT2D eigenvalue weighted by molar-refractivity contribution is -0.118. The standard InChI is InChI=1S/C11H13N3O/c1-11(2,3)10-13-8-4-5-12-6-7(8)9(15)14-10/h4-7H,1-3H3. The monoisotopic (exact) mass is 203 g/mol. The van der Waals surface area contributed by atoms with Crippen molar-refractivity contribution in [1.29, 1.82) is 0 Å². The molecule has 1 atom stereocenters. The normalized spacial score (nSPS) is 24.7. The molecule has 4 heteroatoms. The first-order chi connectivity index (χ1) is 6.98. The minimum absolute atomic E-state index is 0.168. The molecule has 2 aliphatic rings. The summed E-state index contributed by atoms with van der Waals surface area (Å²) < 4.78 is 0. The van der Waals surface area contributed by atoms with Gasteiger partial charge in [-0.2, -0.15) is 4.99 Å². The summed E-state index contributed by atoms with van der Waals surface area (Å²) in [5.74, 6) is 0.0535. The molecule has 1 amide bonds. The number of nitrogens with zero attached hydrogens (tertiary/aromatic N) is 3. The molecule has 0 fully saturated rings. The highest BCUT2D eigenvalue weighted by Gasteiger charge is 2.31. The van der Waals surface area contributed by atoms with Crippen LogP contribution in [0.5, 0.6) is 0 Å². The fourth-order valence-corrected chi connectivity index (χ4v) is 1.39. The third-order valence-electron chi connectivity index (χ3n) is 2.27. The Morgan fingerprint density at radius 2 is 2.00 bits per heavy atom. The van der Waals surface area contributed by atoms with E-state index in [1.807, 2.05) is 20.8 Å². The number of rotatable bonds is 0. The van der Waals surface area contributed by atoms with E-state index in [0.29, 0.717) is 5.84 Å². The van der Waals surface area contributed by atoms with Crippen molar-refractivity contribution < 1.29 is 4.79 Å². The van der Waals surface area contributed by atoms with Crippen molar-refractivity contribution in [3.05, 3.63) is 12.3 Å². The highest BCUT2D eigenvalue weighted by Crippen LogP contribution is 2.22. The number of hydrogen-bond donors (Lipinski definition) is 0. The van der Waals surface area contributed by atoms with E-state index >= 15 is 0 Å². The van der Waals surface area contributed by atoms with Crippen LogP contribution < -0.4 is 0 Å². The van der Waals surface area contributed by atoms with Crippen LogP contribution in [0.25, 0.3) is 0 Å². The molecule has 78 valence electrons. The van der Waals surface area contributed by atoms with Crippen LogP contribution >= 0.6 is 0 Å². The second-order valence-electron chi connectivity index (χ2n) is 4.65. The minimum atomic E-state index is -0.374. The van der Waals surface area contributed by atoms with Gasteiger partial charge in [0, 0.05) is 17.8 Å². The zero-order valence-corrected chi connectivity index (χ0v) is 9.06. The number of allylic oxidation sites excluding steroid dienone is 1. The first-order valence-corrected chi connectivity index (χ1v) is 4.90. The number of carbonyl (C=O) groups excluding carboxylic acids is 1. The van der Waals surface area contributed by atoms with Gasteiger partial charge in [-0.25, -0.2) is 4.99 Å². The number of aliphatic imine (C=N–C) groups is 3. The Morgan fingerprint density at radius 1 is 1.27 bits per heavy atom. The maximum absolute atomic E-state index is 11.7. The molecule has 0 aromatic carbocycles. The SMILES string of the molecule is CC(C)(C)C1=NC(=O)C2C=NC=CC2=N1. The van der Waals surface area contributed by atoms with Crippen LogP contribution in [0.4, 0.5) is 0 Å². The fourth-order valence-electron chi connectivity index (χ4n) is 1.39. The minimum Gasteiger partial charge on any atom is -0.271 e. The van der Waals surface area contributed by atoms with E-state index in [0.717, 1.165) is 5.71 Å². The van der Waals surface area contributed by atoms with Crippen molar-refractivity contribution in [2.45, 2.75) is 20.8 Å². The van der Waals surface area contributed by atoms with Gasteiger partial charge < -0.3 is 0 Å². The summed E-state index contributed by atoms with van der Waals surface area (Å²) >= 11 is 0. The second kappa shape index (κ2) is 3.22. The summed E-state index contributed by atoms with van der Waals surface area (Å²) in [5, 5.41) is 0. The molecular formula is C11H13N3O. The number of amidine groups is 1. The molecule has 2 rings (SSSR count). The Kier molecular flexibility index (Phi) is 2.14. The fraction of sp³-hybridized carbons (Fsp3) is 0.455. The molecule has 0 saturated heterocycles. The molecule has 2 heterocycles. The Hall–Kier alpha value is -1.58. The van der Waals surface area contributed by atoms with Gasteiger partial charge in [0.15, 0.2) is 0 Å². The largest absolute Gasteiger partial charge is 0.271 e. The van der Waals surface area contributed by atoms with Gasteiger partial charge in [-0.05, 0) is 6.08 Å². The summed E-state index contributed by atoms with van der Waals surface area (Å²) in [7, 11) is 0. The Labute approximate surface area is 88.5 Å². The van der Waals surface area contributed by atoms with Gasteiger partial charge in [0.1, 0.15) is 11.8 Å². The molecule has 0 saturated carbocycles. The third-order valence-corrected chi connectivity index (χ3v) is 2.27. The highest BCUT2D eigenvalue weighted by atomic mass is 16.1. The molecule has 0 N–H and O–H groups in total. The van der Waals surface area contributed by atoms with Gasteiger partial charge >= 0.3 is 0 Å². The lowest BCUT2D eigenvalue weighted by Crippen LogP contribution is -2.33. The van der Waals surface area contributed by atoms with Crippen molar-refractivity contribution >= 4 is 23.7 Å². The molecule has 0 aliphatic carbocycles. The molecule has 15 heavy (non-hydrogen) atoms. The van der Waals surface area contributed by atoms with Gasteiger partial charge in [0.25, 0.3) is 5.91 Å². The number of fused-ring (bicyclic) bond motifs is 1. The van der Waals surface area contributed by atoms with E-state index in [1.165, 1.54) is 0 Å². The van der Waals surface area contributed by atoms with E-state index in [-0.39, 0.29) is 17.2 Å². The first kappa shape index (κ1) is 9.96. The molecule has 0 bridgehead atoms. The lowest BCUT2D eigenvalue weighted by atomic mass is 9.92. The van der Waals surface area contributed by atoms with E-state index in [9.17, 15) is 4.79 Å². The number of hydrogen-bond acceptors (Lipinski definition) is 3. The number of amides is 1. The van der Waals surface area contributed by atoms with Crippen LogP contribution in [0, 0.1) is 11.3 Å². The quantitative estimate of drug-likeness (QED) is 0.590. The summed E-state index contributed by atoms with van der Waals surface area (Å²) in [4.78, 5) is 24.0. The van der Waals surface area contributed by atoms with Gasteiger partial charge in [-0.1, -0.05) is 20.8 Å². The predicted octanol–water partition coefficient (Wildman–Crippen LogP) is 1.63. The molecule has 1 unspecified atom stereocenters. The van der Waals surface area contributed by atoms with E-state index in [1.54, 1.807) is 18.5 Å². The zero-order chi connectivity index (χ0) is 11.1. The summed E-state index contributed by atoms with van der Waals surface area (Å²) in [6, 6.07) is 0. The van der Waals surface area contributed by atoms with E-state index in [2.05, 4.69) is 15.0 Å². The van der Waals surface area contributed by atoms with Crippen molar-refractivity contribution in [3.63, 3.8) is 0 Å². The molecule has 4 nitrogen and oxygen atoms in total. The van der Waals surface area contributed by atoms with Crippen LogP contribution in [0.15, 0.2) is 27.3 Å². The average Bonchev–Trinajstić information content (AvgIpc) is 2.16. The number of carbonyl (C=O) groups is 1. The zero-order valence-electron chi connectivity index (χ0n) is 9.06. The summed E-state index contributed by atoms with van der Waals surface area (Å²) in [6.45, 7) is 5.97. The molecule has 0 aromatic rings. The van der Waals surface area contributed by atoms with Gasteiger partial charge in [-0.3, -0.25) is 9.79 Å². The van der Waals surface area contributed by atoms with Crippen LogP contribution in [-0.4, -0.2) is 23.7 Å². The van der Waals surface area contributed by atoms with Gasteiger partial charge in [0.05, 0.1) is 5.71 Å². The van der Waals surface area contributed by atoms with Crippen molar-refractivity contribution in [3.8, 4) is 0 Å². The highest BCUT2D eigenvalue weighted by molar-refractivity contribution is 6.27. The third kappa shape index (κ3) is 1.79. The molecule has 0 radical (unpaired) electrons. The molecule has 0 spiro atoms. The first-order valence-electron chi connectivity index (χ1n) is 4.90. The van der Waals surface area contributed by atoms with Crippen LogP contribution in [-0.2, 0) is 4.79 Å². The Bertz CT molecular complexity index is 422. The maximum Gasteiger partial charge on any atom is 0.262 e. The van der Waals surface area contributed by atoms with Crippen molar-refractivity contribution in [2.75, 3.05) is 0 Å². The Morgan fingerprint density at radius 3 is 2.67 bits per heavy atom. The van der Waals surface area contributed by atoms with E-state index < -0.39 is 0 Å². The van der Waals surface area contributed by atoms with Gasteiger partial charge in [0.2, 0.25) is 0 Å². The molecular weight excluding hydrogens is 190 g/mol. The average molecular weight is 203 g/mol. The van der Waals surface area contributed by atoms with Crippen LogP contribution in [0.3, 0.4) is 0 Å². The summed E-state index contributed by atoms with van der Waals surface area (Å²) in [5.41, 5.74) is 0.547. The van der Waals surface area contributed by atoms with Crippen LogP contribution in [0.1, 0.15) is 20.8 Å². The molecule has 2 aliphatic heterocycles. The predicted molar refractivity (Wildman–Crippen MR) is 60.5 cm³/mol. The van der Waals surface area contributed by atoms with E-state index in [4.69, 9.17) is 0 Å². The smallest absolute Gasteiger partial charge is 0.262 e. The lowest BCUT2D eigenvalue weighted by Gasteiger charge is -2.23. The van der Waals surface area contributed by atoms with Crippen molar-refractivity contribution in [1.82, 2.24) is 0 Å². The van der Waals surface area contributed by atoms with Crippen LogP contribution in [0.2, 0.25) is 0 Å². The molecule has 0 aromatic heterocycles. The maximum atomic E-state index is 11.7. The van der Waals surface area contributed by atoms with Crippen molar-refractivity contribution in [2.24, 2.45) is 26.3 Å². The summed E-state index contributed by atoms with van der Waals surface area (Å²) in [6.07, 6.45) is 5.00. The van der Waals surface area contributed by atoms with Gasteiger partial charge in [-0.15, -0.1) is 0 Å². The second-order valence-corrected chi connectivity index (χ2v) is 4.65. The topological polar surface area (TPSA) is 54.1 Å². The Balaban J connectivity index is 2.42.